The minimum atomic E-state index is 0.0471. The highest BCUT2D eigenvalue weighted by atomic mass is 16.5. The molecule has 2 fully saturated rings. The fourth-order valence-electron chi connectivity index (χ4n) is 2.24. The first-order valence-corrected chi connectivity index (χ1v) is 6.78. The lowest BCUT2D eigenvalue weighted by Crippen LogP contribution is -2.40. The molecule has 102 valence electrons. The number of hydrogen-bond donors (Lipinski definition) is 2. The largest absolute Gasteiger partial charge is 0.489 e. The topological polar surface area (TPSA) is 67.6 Å². The number of nitrogens with zero attached hydrogens (tertiary/aromatic N) is 1. The summed E-state index contributed by atoms with van der Waals surface area (Å²) in [5, 5.41) is 3.00. The van der Waals surface area contributed by atoms with Crippen LogP contribution in [0.3, 0.4) is 0 Å². The number of carbonyl (C=O) groups excluding carboxylic acids is 1. The summed E-state index contributed by atoms with van der Waals surface area (Å²) in [5.41, 5.74) is 6.36. The first-order chi connectivity index (χ1) is 9.20. The summed E-state index contributed by atoms with van der Waals surface area (Å²) in [5.74, 6) is 0.809. The Hall–Kier alpha value is -1.91. The maximum atomic E-state index is 11.9. The van der Waals surface area contributed by atoms with Gasteiger partial charge < -0.3 is 20.7 Å². The van der Waals surface area contributed by atoms with Gasteiger partial charge in [0.25, 0.3) is 0 Å². The van der Waals surface area contributed by atoms with Gasteiger partial charge in [-0.1, -0.05) is 0 Å². The number of carbonyl (C=O) groups is 1. The van der Waals surface area contributed by atoms with Crippen LogP contribution in [-0.2, 0) is 0 Å². The van der Waals surface area contributed by atoms with E-state index in [0.717, 1.165) is 37.2 Å². The second-order valence-electron chi connectivity index (χ2n) is 5.27. The van der Waals surface area contributed by atoms with Crippen LogP contribution in [0.2, 0.25) is 0 Å². The summed E-state index contributed by atoms with van der Waals surface area (Å²) in [7, 11) is 0. The van der Waals surface area contributed by atoms with Crippen LogP contribution in [0.1, 0.15) is 19.3 Å². The van der Waals surface area contributed by atoms with E-state index in [1.807, 2.05) is 29.2 Å². The summed E-state index contributed by atoms with van der Waals surface area (Å²) in [6.07, 6.45) is 3.19. The molecule has 5 heteroatoms. The van der Waals surface area contributed by atoms with E-state index >= 15 is 0 Å². The quantitative estimate of drug-likeness (QED) is 0.812. The van der Waals surface area contributed by atoms with Crippen LogP contribution in [-0.4, -0.2) is 36.2 Å². The van der Waals surface area contributed by atoms with E-state index in [2.05, 4.69) is 5.32 Å². The Morgan fingerprint density at radius 3 is 2.68 bits per heavy atom. The van der Waals surface area contributed by atoms with Gasteiger partial charge in [0.05, 0.1) is 6.54 Å². The molecule has 1 aromatic carbocycles. The van der Waals surface area contributed by atoms with Crippen molar-refractivity contribution in [3.05, 3.63) is 24.3 Å². The Morgan fingerprint density at radius 1 is 1.26 bits per heavy atom. The Bertz CT molecular complexity index is 456. The second kappa shape index (κ2) is 4.99. The Labute approximate surface area is 112 Å². The maximum absolute atomic E-state index is 11.9. The van der Waals surface area contributed by atoms with E-state index in [-0.39, 0.29) is 12.1 Å². The summed E-state index contributed by atoms with van der Waals surface area (Å²) in [4.78, 5) is 13.7. The number of hydrogen-bond acceptors (Lipinski definition) is 3. The van der Waals surface area contributed by atoms with Crippen molar-refractivity contribution >= 4 is 11.7 Å². The molecule has 0 radical (unpaired) electrons. The van der Waals surface area contributed by atoms with Crippen LogP contribution in [0, 0.1) is 0 Å². The summed E-state index contributed by atoms with van der Waals surface area (Å²) in [6.45, 7) is 1.42. The predicted octanol–water partition coefficient (Wildman–Crippen LogP) is 1.59. The molecule has 1 aromatic rings. The molecule has 1 saturated carbocycles. The standard InChI is InChI=1S/C14H19N3O2/c15-10-1-5-12(6-2-10)19-13-7-8-17(9-13)14(18)16-11-3-4-11/h1-2,5-6,11,13H,3-4,7-9,15H2,(H,16,18). The van der Waals surface area contributed by atoms with E-state index in [0.29, 0.717) is 12.6 Å². The molecule has 1 unspecified atom stereocenters. The number of urea groups is 1. The number of likely N-dealkylation sites (tertiary alicyclic amines) is 1. The Balaban J connectivity index is 1.50. The average molecular weight is 261 g/mol. The van der Waals surface area contributed by atoms with Gasteiger partial charge in [0.2, 0.25) is 0 Å². The van der Waals surface area contributed by atoms with Gasteiger partial charge in [-0.25, -0.2) is 4.79 Å². The van der Waals surface area contributed by atoms with Crippen LogP contribution in [0.5, 0.6) is 5.75 Å². The van der Waals surface area contributed by atoms with Gasteiger partial charge in [0.15, 0.2) is 0 Å². The average Bonchev–Trinajstić information content (AvgIpc) is 3.08. The number of anilines is 1. The van der Waals surface area contributed by atoms with Crippen LogP contribution in [0.25, 0.3) is 0 Å². The van der Waals surface area contributed by atoms with E-state index < -0.39 is 0 Å². The number of benzene rings is 1. The van der Waals surface area contributed by atoms with Gasteiger partial charge in [0.1, 0.15) is 11.9 Å². The zero-order valence-corrected chi connectivity index (χ0v) is 10.8. The lowest BCUT2D eigenvalue weighted by Gasteiger charge is -2.17. The predicted molar refractivity (Wildman–Crippen MR) is 73.0 cm³/mol. The fraction of sp³-hybridized carbons (Fsp3) is 0.500. The lowest BCUT2D eigenvalue weighted by molar-refractivity contribution is 0.186. The fourth-order valence-corrected chi connectivity index (χ4v) is 2.24. The molecule has 0 spiro atoms. The zero-order valence-electron chi connectivity index (χ0n) is 10.8. The second-order valence-corrected chi connectivity index (χ2v) is 5.27. The van der Waals surface area contributed by atoms with Crippen LogP contribution in [0.15, 0.2) is 24.3 Å². The van der Waals surface area contributed by atoms with E-state index in [9.17, 15) is 4.79 Å². The van der Waals surface area contributed by atoms with Gasteiger partial charge >= 0.3 is 6.03 Å². The van der Waals surface area contributed by atoms with Crippen molar-refractivity contribution in [2.24, 2.45) is 0 Å². The van der Waals surface area contributed by atoms with E-state index in [4.69, 9.17) is 10.5 Å². The molecule has 1 saturated heterocycles. The van der Waals surface area contributed by atoms with Crippen molar-refractivity contribution < 1.29 is 9.53 Å². The van der Waals surface area contributed by atoms with Crippen LogP contribution >= 0.6 is 0 Å². The molecule has 3 N–H and O–H groups in total. The number of rotatable bonds is 3. The molecule has 5 nitrogen and oxygen atoms in total. The number of nitrogens with one attached hydrogen (secondary N) is 1. The highest BCUT2D eigenvalue weighted by Crippen LogP contribution is 2.22. The lowest BCUT2D eigenvalue weighted by atomic mass is 10.3. The number of nitrogens with two attached hydrogens (primary N) is 1. The third-order valence-electron chi connectivity index (χ3n) is 3.52. The zero-order chi connectivity index (χ0) is 13.2. The van der Waals surface area contributed by atoms with Crippen molar-refractivity contribution in [2.45, 2.75) is 31.4 Å². The van der Waals surface area contributed by atoms with Gasteiger partial charge in [-0.2, -0.15) is 0 Å². The Kier molecular flexibility index (Phi) is 3.19. The first kappa shape index (κ1) is 12.1. The van der Waals surface area contributed by atoms with Crippen molar-refractivity contribution in [2.75, 3.05) is 18.8 Å². The Morgan fingerprint density at radius 2 is 2.00 bits per heavy atom. The molecule has 1 aliphatic heterocycles. The number of ether oxygens (including phenoxy) is 1. The van der Waals surface area contributed by atoms with Crippen LogP contribution in [0.4, 0.5) is 10.5 Å². The molecule has 3 rings (SSSR count). The minimum Gasteiger partial charge on any atom is -0.489 e. The van der Waals surface area contributed by atoms with Crippen molar-refractivity contribution in [1.29, 1.82) is 0 Å². The normalized spacial score (nSPS) is 22.3. The highest BCUT2D eigenvalue weighted by molar-refractivity contribution is 5.75. The van der Waals surface area contributed by atoms with Crippen molar-refractivity contribution in [1.82, 2.24) is 10.2 Å². The van der Waals surface area contributed by atoms with Crippen LogP contribution < -0.4 is 15.8 Å². The molecule has 0 bridgehead atoms. The van der Waals surface area contributed by atoms with E-state index in [1.165, 1.54) is 0 Å². The molecule has 2 aliphatic rings. The molecule has 1 atom stereocenters. The van der Waals surface area contributed by atoms with Crippen molar-refractivity contribution in [3.8, 4) is 5.75 Å². The summed E-state index contributed by atoms with van der Waals surface area (Å²) < 4.78 is 5.85. The SMILES string of the molecule is Nc1ccc(OC2CCN(C(=O)NC3CC3)C2)cc1. The molecular formula is C14H19N3O2. The van der Waals surface area contributed by atoms with Gasteiger partial charge in [-0.05, 0) is 37.1 Å². The molecule has 1 heterocycles. The number of nitrogen functional groups attached to an aromatic ring is 1. The van der Waals surface area contributed by atoms with Gasteiger partial charge in [-0.15, -0.1) is 0 Å². The molecular weight excluding hydrogens is 242 g/mol. The molecule has 19 heavy (non-hydrogen) atoms. The molecule has 0 aromatic heterocycles. The van der Waals surface area contributed by atoms with Crippen molar-refractivity contribution in [3.63, 3.8) is 0 Å². The first-order valence-electron chi connectivity index (χ1n) is 6.78. The number of amides is 2. The third-order valence-corrected chi connectivity index (χ3v) is 3.52. The minimum absolute atomic E-state index is 0.0471. The maximum Gasteiger partial charge on any atom is 0.317 e. The van der Waals surface area contributed by atoms with E-state index in [1.54, 1.807) is 0 Å². The van der Waals surface area contributed by atoms with Gasteiger partial charge in [0, 0.05) is 24.7 Å². The molecule has 2 amide bonds. The molecule has 1 aliphatic carbocycles. The summed E-state index contributed by atoms with van der Waals surface area (Å²) in [6, 6.07) is 7.82. The van der Waals surface area contributed by atoms with Gasteiger partial charge in [-0.3, -0.25) is 0 Å². The monoisotopic (exact) mass is 261 g/mol. The smallest absolute Gasteiger partial charge is 0.317 e. The summed E-state index contributed by atoms with van der Waals surface area (Å²) >= 11 is 0. The highest BCUT2D eigenvalue weighted by Gasteiger charge is 2.31. The third kappa shape index (κ3) is 3.10.